The van der Waals surface area contributed by atoms with Crippen molar-refractivity contribution >= 4 is 28.3 Å². The van der Waals surface area contributed by atoms with E-state index in [2.05, 4.69) is 23.1 Å². The molecule has 0 unspecified atom stereocenters. The minimum absolute atomic E-state index is 0.0282. The zero-order valence-electron chi connectivity index (χ0n) is 21.7. The lowest BCUT2D eigenvalue weighted by Gasteiger charge is -2.37. The molecule has 1 amide bonds. The average molecular weight is 548 g/mol. The van der Waals surface area contributed by atoms with Crippen molar-refractivity contribution in [3.63, 3.8) is 0 Å². The molecular weight excluding hydrogens is 515 g/mol. The number of hydrogen-bond donors (Lipinski definition) is 0. The maximum atomic E-state index is 13.1. The highest BCUT2D eigenvalue weighted by molar-refractivity contribution is 7.09. The van der Waals surface area contributed by atoms with Crippen LogP contribution in [0.2, 0.25) is 0 Å². The van der Waals surface area contributed by atoms with Crippen LogP contribution in [0.25, 0.3) is 0 Å². The third-order valence-corrected chi connectivity index (χ3v) is 7.35. The molecule has 0 atom stereocenters. The molecule has 204 valence electrons. The van der Waals surface area contributed by atoms with E-state index in [4.69, 9.17) is 9.72 Å². The largest absolute Gasteiger partial charge is 0.497 e. The molecule has 0 radical (unpaired) electrons. The monoisotopic (exact) mass is 547 g/mol. The van der Waals surface area contributed by atoms with Gasteiger partial charge in [0.05, 0.1) is 12.7 Å². The molecule has 2 aromatic carbocycles. The number of benzene rings is 2. The molecule has 0 aliphatic carbocycles. The van der Waals surface area contributed by atoms with Crippen molar-refractivity contribution in [2.24, 2.45) is 0 Å². The summed E-state index contributed by atoms with van der Waals surface area (Å²) >= 11 is 1.33. The molecule has 1 fully saturated rings. The van der Waals surface area contributed by atoms with E-state index in [1.54, 1.807) is 18.1 Å². The number of halogens is 3. The van der Waals surface area contributed by atoms with E-state index in [-0.39, 0.29) is 11.9 Å². The molecule has 0 spiro atoms. The number of alkyl halides is 3. The van der Waals surface area contributed by atoms with Crippen LogP contribution in [0.3, 0.4) is 0 Å². The van der Waals surface area contributed by atoms with Crippen molar-refractivity contribution in [3.05, 3.63) is 65.5 Å². The van der Waals surface area contributed by atoms with Gasteiger partial charge in [-0.25, -0.2) is 4.98 Å². The van der Waals surface area contributed by atoms with Crippen molar-refractivity contribution in [1.29, 1.82) is 0 Å². The van der Waals surface area contributed by atoms with Gasteiger partial charge in [-0.15, -0.1) is 0 Å². The fourth-order valence-corrected chi connectivity index (χ4v) is 5.29. The zero-order valence-corrected chi connectivity index (χ0v) is 22.6. The van der Waals surface area contributed by atoms with Crippen molar-refractivity contribution in [2.45, 2.75) is 38.9 Å². The van der Waals surface area contributed by atoms with Gasteiger partial charge in [0.1, 0.15) is 11.6 Å². The summed E-state index contributed by atoms with van der Waals surface area (Å²) < 4.78 is 49.0. The number of carbonyl (C=O) groups excluding carboxylic acids is 1. The predicted molar refractivity (Wildman–Crippen MR) is 143 cm³/mol. The van der Waals surface area contributed by atoms with Gasteiger partial charge in [0.25, 0.3) is 0 Å². The van der Waals surface area contributed by atoms with E-state index in [1.165, 1.54) is 23.7 Å². The normalized spacial score (nSPS) is 14.2. The summed E-state index contributed by atoms with van der Waals surface area (Å²) in [7, 11) is 1.64. The highest BCUT2D eigenvalue weighted by Gasteiger charge is 2.31. The first-order valence-electron chi connectivity index (χ1n) is 12.6. The Bertz CT molecular complexity index is 1230. The maximum Gasteiger partial charge on any atom is 0.416 e. The van der Waals surface area contributed by atoms with Crippen LogP contribution in [0.15, 0.2) is 48.5 Å². The average Bonchev–Trinajstić information content (AvgIpc) is 3.36. The van der Waals surface area contributed by atoms with Gasteiger partial charge < -0.3 is 19.4 Å². The predicted octanol–water partition coefficient (Wildman–Crippen LogP) is 5.11. The van der Waals surface area contributed by atoms with Crippen LogP contribution in [0.1, 0.15) is 37.2 Å². The maximum absolute atomic E-state index is 13.1. The molecule has 38 heavy (non-hydrogen) atoms. The molecule has 3 aromatic rings. The summed E-state index contributed by atoms with van der Waals surface area (Å²) in [5, 5.41) is 0.778. The van der Waals surface area contributed by atoms with Crippen LogP contribution in [0.4, 0.5) is 24.0 Å². The van der Waals surface area contributed by atoms with Crippen LogP contribution in [-0.4, -0.2) is 66.0 Å². The number of amides is 1. The van der Waals surface area contributed by atoms with Crippen molar-refractivity contribution in [1.82, 2.24) is 14.3 Å². The summed E-state index contributed by atoms with van der Waals surface area (Å²) in [6.07, 6.45) is -3.46. The summed E-state index contributed by atoms with van der Waals surface area (Å²) in [6, 6.07) is 13.3. The third-order valence-electron chi connectivity index (χ3n) is 6.56. The van der Waals surface area contributed by atoms with E-state index in [0.717, 1.165) is 28.3 Å². The van der Waals surface area contributed by atoms with Gasteiger partial charge in [0.15, 0.2) is 0 Å². The Kier molecular flexibility index (Phi) is 8.76. The molecule has 0 bridgehead atoms. The van der Waals surface area contributed by atoms with Crippen LogP contribution in [-0.2, 0) is 17.4 Å². The topological polar surface area (TPSA) is 61.8 Å². The molecular formula is C27H32F3N5O2S. The Morgan fingerprint density at radius 1 is 1.11 bits per heavy atom. The quantitative estimate of drug-likeness (QED) is 0.371. The number of anilines is 2. The van der Waals surface area contributed by atoms with E-state index in [9.17, 15) is 18.0 Å². The molecule has 1 saturated heterocycles. The fourth-order valence-electron chi connectivity index (χ4n) is 4.44. The first-order chi connectivity index (χ1) is 18.1. The smallest absolute Gasteiger partial charge is 0.416 e. The van der Waals surface area contributed by atoms with Crippen molar-refractivity contribution < 1.29 is 22.7 Å². The zero-order chi connectivity index (χ0) is 27.3. The Hall–Kier alpha value is -3.34. The Labute approximate surface area is 225 Å². The van der Waals surface area contributed by atoms with Crippen LogP contribution >= 0.6 is 11.5 Å². The molecule has 4 rings (SSSR count). The fraction of sp³-hybridized carbons (Fsp3) is 0.444. The summed E-state index contributed by atoms with van der Waals surface area (Å²) in [5.74, 6) is 1.54. The van der Waals surface area contributed by atoms with Gasteiger partial charge >= 0.3 is 6.18 Å². The van der Waals surface area contributed by atoms with Gasteiger partial charge in [0, 0.05) is 68.8 Å². The van der Waals surface area contributed by atoms with Gasteiger partial charge in [-0.1, -0.05) is 18.2 Å². The minimum Gasteiger partial charge on any atom is -0.497 e. The lowest BCUT2D eigenvalue weighted by atomic mass is 10.1. The number of rotatable bonds is 9. The second kappa shape index (κ2) is 12.0. The highest BCUT2D eigenvalue weighted by Crippen LogP contribution is 2.32. The molecule has 1 aliphatic rings. The van der Waals surface area contributed by atoms with Gasteiger partial charge in [-0.3, -0.25) is 4.79 Å². The van der Waals surface area contributed by atoms with Crippen LogP contribution < -0.4 is 14.5 Å². The van der Waals surface area contributed by atoms with Crippen molar-refractivity contribution in [2.75, 3.05) is 49.6 Å². The Morgan fingerprint density at radius 3 is 2.53 bits per heavy atom. The Balaban J connectivity index is 1.31. The molecule has 1 aromatic heterocycles. The molecule has 7 nitrogen and oxygen atoms in total. The van der Waals surface area contributed by atoms with Crippen LogP contribution in [0, 0.1) is 0 Å². The van der Waals surface area contributed by atoms with E-state index < -0.39 is 11.7 Å². The molecule has 0 N–H and O–H groups in total. The van der Waals surface area contributed by atoms with Gasteiger partial charge in [-0.2, -0.15) is 17.5 Å². The molecule has 1 aliphatic heterocycles. The second-order valence-electron chi connectivity index (χ2n) is 9.47. The summed E-state index contributed by atoms with van der Waals surface area (Å²) in [5.41, 5.74) is 0.925. The molecule has 2 heterocycles. The SMILES string of the molecule is COc1cccc(Cc2nsc(N(CCC(=O)N3CCN(c4cccc(C(F)(F)F)c4)CC3)C(C)C)n2)c1. The van der Waals surface area contributed by atoms with E-state index in [1.807, 2.05) is 29.2 Å². The van der Waals surface area contributed by atoms with E-state index >= 15 is 0 Å². The number of piperazine rings is 1. The molecule has 11 heteroatoms. The number of aromatic nitrogens is 2. The molecule has 0 saturated carbocycles. The van der Waals surface area contributed by atoms with Gasteiger partial charge in [0.2, 0.25) is 11.0 Å². The lowest BCUT2D eigenvalue weighted by Crippen LogP contribution is -2.49. The number of carbonyl (C=O) groups is 1. The second-order valence-corrected chi connectivity index (χ2v) is 10.2. The van der Waals surface area contributed by atoms with E-state index in [0.29, 0.717) is 51.3 Å². The van der Waals surface area contributed by atoms with Gasteiger partial charge in [-0.05, 0) is 49.7 Å². The number of ether oxygens (including phenoxy) is 1. The first-order valence-corrected chi connectivity index (χ1v) is 13.3. The summed E-state index contributed by atoms with van der Waals surface area (Å²) in [4.78, 5) is 23.5. The standard InChI is InChI=1S/C27H32F3N5O2S/c1-19(2)35(26-31-24(32-38-26)17-20-6-4-9-23(16-20)37-3)11-10-25(36)34-14-12-33(13-15-34)22-8-5-7-21(18-22)27(28,29)30/h4-9,16,18-19H,10-15,17H2,1-3H3. The number of nitrogens with zero attached hydrogens (tertiary/aromatic N) is 5. The van der Waals surface area contributed by atoms with Crippen molar-refractivity contribution in [3.8, 4) is 5.75 Å². The highest BCUT2D eigenvalue weighted by atomic mass is 32.1. The minimum atomic E-state index is -4.38. The summed E-state index contributed by atoms with van der Waals surface area (Å²) in [6.45, 7) is 6.55. The van der Waals surface area contributed by atoms with Crippen LogP contribution in [0.5, 0.6) is 5.75 Å². The lowest BCUT2D eigenvalue weighted by molar-refractivity contribution is -0.137. The number of hydrogen-bond acceptors (Lipinski definition) is 7. The third kappa shape index (κ3) is 6.94. The number of methoxy groups -OCH3 is 1. The first kappa shape index (κ1) is 27.7. The Morgan fingerprint density at radius 2 is 1.84 bits per heavy atom.